The Morgan fingerprint density at radius 1 is 0.762 bits per heavy atom. The van der Waals surface area contributed by atoms with E-state index in [1.165, 1.54) is 23.1 Å². The van der Waals surface area contributed by atoms with E-state index >= 15 is 0 Å². The topological polar surface area (TPSA) is 41.8 Å². The molecule has 1 fully saturated rings. The molecule has 2 unspecified atom stereocenters. The van der Waals surface area contributed by atoms with Crippen molar-refractivity contribution >= 4 is 17.2 Å². The Labute approximate surface area is 125 Å². The number of carbonyl (C=O) groups is 1. The van der Waals surface area contributed by atoms with Gasteiger partial charge in [-0.25, -0.2) is 0 Å². The van der Waals surface area contributed by atoms with E-state index in [9.17, 15) is 4.79 Å². The molecule has 0 amide bonds. The molecule has 2 atom stereocenters. The largest absolute Gasteiger partial charge is 0.287 e. The summed E-state index contributed by atoms with van der Waals surface area (Å²) in [6, 6.07) is 0.536. The van der Waals surface area contributed by atoms with Gasteiger partial charge in [0.25, 0.3) is 0 Å². The van der Waals surface area contributed by atoms with E-state index in [1.54, 1.807) is 0 Å². The summed E-state index contributed by atoms with van der Waals surface area (Å²) in [5, 5.41) is 0. The number of benzene rings is 1. The highest BCUT2D eigenvalue weighted by atomic mass is 16.1. The summed E-state index contributed by atoms with van der Waals surface area (Å²) < 4.78 is 0. The van der Waals surface area contributed by atoms with Crippen molar-refractivity contribution in [2.24, 2.45) is 9.98 Å². The number of hydrogen-bond donors (Lipinski definition) is 0. The standard InChI is InChI=1S/C18H20N2O/c1-8-9(2)11(4)15-14(10(8)3)16-17(18(15)21)20-13-7-5-6-12(13)19-16/h12-13H,5-7H2,1-4H3. The van der Waals surface area contributed by atoms with Gasteiger partial charge in [-0.15, -0.1) is 0 Å². The molecule has 2 aliphatic carbocycles. The third kappa shape index (κ3) is 1.52. The summed E-state index contributed by atoms with van der Waals surface area (Å²) in [5.74, 6) is 0.0952. The van der Waals surface area contributed by atoms with Crippen molar-refractivity contribution in [3.05, 3.63) is 33.4 Å². The van der Waals surface area contributed by atoms with E-state index in [0.717, 1.165) is 35.2 Å². The Hall–Kier alpha value is -1.77. The fraction of sp³-hybridized carbons (Fsp3) is 0.500. The minimum absolute atomic E-state index is 0.0952. The number of Topliss-reactive ketones (excluding diaryl/α,β-unsaturated/α-hetero) is 1. The maximum atomic E-state index is 12.8. The normalized spacial score (nSPS) is 26.2. The summed E-state index contributed by atoms with van der Waals surface area (Å²) in [6.45, 7) is 8.41. The Morgan fingerprint density at radius 2 is 1.29 bits per heavy atom. The lowest BCUT2D eigenvalue weighted by Gasteiger charge is -2.19. The van der Waals surface area contributed by atoms with Gasteiger partial charge < -0.3 is 0 Å². The molecule has 0 bridgehead atoms. The number of ketones is 1. The monoisotopic (exact) mass is 280 g/mol. The molecule has 1 heterocycles. The zero-order valence-electron chi connectivity index (χ0n) is 13.1. The van der Waals surface area contributed by atoms with Gasteiger partial charge in [0.1, 0.15) is 5.71 Å². The molecule has 3 aliphatic rings. The van der Waals surface area contributed by atoms with Crippen molar-refractivity contribution in [3.63, 3.8) is 0 Å². The predicted octanol–water partition coefficient (Wildman–Crippen LogP) is 3.28. The van der Waals surface area contributed by atoms with E-state index in [0.29, 0.717) is 11.8 Å². The predicted molar refractivity (Wildman–Crippen MR) is 85.1 cm³/mol. The molecule has 1 aromatic carbocycles. The van der Waals surface area contributed by atoms with Crippen LogP contribution in [0, 0.1) is 27.7 Å². The summed E-state index contributed by atoms with van der Waals surface area (Å²) in [6.07, 6.45) is 3.36. The van der Waals surface area contributed by atoms with Crippen molar-refractivity contribution < 1.29 is 4.79 Å². The maximum Gasteiger partial charge on any atom is 0.214 e. The smallest absolute Gasteiger partial charge is 0.214 e. The first-order valence-corrected chi connectivity index (χ1v) is 7.82. The third-order valence-electron chi connectivity index (χ3n) is 5.62. The molecule has 0 aromatic heterocycles. The average Bonchev–Trinajstić information content (AvgIpc) is 3.03. The van der Waals surface area contributed by atoms with Crippen LogP contribution in [0.5, 0.6) is 0 Å². The van der Waals surface area contributed by atoms with Crippen LogP contribution < -0.4 is 0 Å². The molecule has 3 heteroatoms. The highest BCUT2D eigenvalue weighted by Crippen LogP contribution is 2.37. The van der Waals surface area contributed by atoms with Crippen LogP contribution in [-0.2, 0) is 0 Å². The van der Waals surface area contributed by atoms with Crippen LogP contribution in [0.15, 0.2) is 9.98 Å². The molecule has 1 saturated carbocycles. The lowest BCUT2D eigenvalue weighted by atomic mass is 9.90. The first-order chi connectivity index (χ1) is 10.0. The second-order valence-corrected chi connectivity index (χ2v) is 6.60. The van der Waals surface area contributed by atoms with Gasteiger partial charge in [0.05, 0.1) is 17.8 Å². The molecule has 21 heavy (non-hydrogen) atoms. The van der Waals surface area contributed by atoms with E-state index < -0.39 is 0 Å². The molecule has 1 aliphatic heterocycles. The summed E-state index contributed by atoms with van der Waals surface area (Å²) >= 11 is 0. The number of fused-ring (bicyclic) bond motifs is 4. The SMILES string of the molecule is Cc1c(C)c(C)c2c(c1C)C(=O)C1=NC3CCCC3N=C12. The number of hydrogen-bond acceptors (Lipinski definition) is 3. The molecular weight excluding hydrogens is 260 g/mol. The van der Waals surface area contributed by atoms with Crippen LogP contribution in [0.4, 0.5) is 0 Å². The van der Waals surface area contributed by atoms with Gasteiger partial charge in [0, 0.05) is 11.1 Å². The fourth-order valence-electron chi connectivity index (χ4n) is 4.04. The minimum atomic E-state index is 0.0952. The number of aliphatic imine (C=N–C) groups is 2. The Bertz CT molecular complexity index is 755. The fourth-order valence-corrected chi connectivity index (χ4v) is 4.04. The molecule has 1 aromatic rings. The summed E-state index contributed by atoms with van der Waals surface area (Å²) in [4.78, 5) is 22.6. The third-order valence-corrected chi connectivity index (χ3v) is 5.62. The van der Waals surface area contributed by atoms with E-state index in [2.05, 4.69) is 27.7 Å². The van der Waals surface area contributed by atoms with Crippen molar-refractivity contribution in [1.82, 2.24) is 0 Å². The molecular formula is C18H20N2O. The van der Waals surface area contributed by atoms with E-state index in [4.69, 9.17) is 9.98 Å². The Morgan fingerprint density at radius 3 is 1.90 bits per heavy atom. The number of rotatable bonds is 0. The second kappa shape index (κ2) is 4.12. The zero-order chi connectivity index (χ0) is 14.9. The van der Waals surface area contributed by atoms with Gasteiger partial charge in [-0.05, 0) is 69.2 Å². The molecule has 108 valence electrons. The minimum Gasteiger partial charge on any atom is -0.287 e. The highest BCUT2D eigenvalue weighted by Gasteiger charge is 2.42. The molecule has 0 radical (unpaired) electrons. The summed E-state index contributed by atoms with van der Waals surface area (Å²) in [7, 11) is 0. The molecule has 3 nitrogen and oxygen atoms in total. The molecule has 4 rings (SSSR count). The first kappa shape index (κ1) is 12.9. The van der Waals surface area contributed by atoms with E-state index in [1.807, 2.05) is 0 Å². The Kier molecular flexibility index (Phi) is 2.54. The Balaban J connectivity index is 2.03. The van der Waals surface area contributed by atoms with Gasteiger partial charge >= 0.3 is 0 Å². The van der Waals surface area contributed by atoms with Crippen LogP contribution >= 0.6 is 0 Å². The van der Waals surface area contributed by atoms with Crippen molar-refractivity contribution in [2.45, 2.75) is 59.0 Å². The van der Waals surface area contributed by atoms with Crippen LogP contribution in [0.25, 0.3) is 0 Å². The lowest BCUT2D eigenvalue weighted by molar-refractivity contribution is 0.106. The van der Waals surface area contributed by atoms with Crippen molar-refractivity contribution in [2.75, 3.05) is 0 Å². The number of nitrogens with zero attached hydrogens (tertiary/aromatic N) is 2. The average molecular weight is 280 g/mol. The van der Waals surface area contributed by atoms with Crippen molar-refractivity contribution in [3.8, 4) is 0 Å². The molecule has 0 saturated heterocycles. The lowest BCUT2D eigenvalue weighted by Crippen LogP contribution is -2.30. The van der Waals surface area contributed by atoms with Crippen LogP contribution in [-0.4, -0.2) is 29.3 Å². The first-order valence-electron chi connectivity index (χ1n) is 7.82. The van der Waals surface area contributed by atoms with E-state index in [-0.39, 0.29) is 11.8 Å². The summed E-state index contributed by atoms with van der Waals surface area (Å²) in [5.41, 5.74) is 8.21. The zero-order valence-corrected chi connectivity index (χ0v) is 13.1. The van der Waals surface area contributed by atoms with Gasteiger partial charge in [0.15, 0.2) is 0 Å². The maximum absolute atomic E-state index is 12.8. The van der Waals surface area contributed by atoms with Gasteiger partial charge in [-0.2, -0.15) is 0 Å². The van der Waals surface area contributed by atoms with Gasteiger partial charge in [0.2, 0.25) is 5.78 Å². The highest BCUT2D eigenvalue weighted by molar-refractivity contribution is 6.78. The number of carbonyl (C=O) groups excluding carboxylic acids is 1. The van der Waals surface area contributed by atoms with Gasteiger partial charge in [-0.1, -0.05) is 0 Å². The van der Waals surface area contributed by atoms with Crippen LogP contribution in [0.3, 0.4) is 0 Å². The van der Waals surface area contributed by atoms with Gasteiger partial charge in [-0.3, -0.25) is 14.8 Å². The molecule has 0 N–H and O–H groups in total. The second-order valence-electron chi connectivity index (χ2n) is 6.60. The van der Waals surface area contributed by atoms with Crippen molar-refractivity contribution in [1.29, 1.82) is 0 Å². The quantitative estimate of drug-likeness (QED) is 0.719. The molecule has 0 spiro atoms. The van der Waals surface area contributed by atoms with Crippen LogP contribution in [0.1, 0.15) is 57.4 Å². The van der Waals surface area contributed by atoms with Crippen LogP contribution in [0.2, 0.25) is 0 Å².